The van der Waals surface area contributed by atoms with E-state index in [0.29, 0.717) is 32.1 Å². The molecule has 0 saturated heterocycles. The minimum Gasteiger partial charge on any atom is -0.393 e. The van der Waals surface area contributed by atoms with Crippen molar-refractivity contribution in [2.75, 3.05) is 0 Å². The highest BCUT2D eigenvalue weighted by Gasteiger charge is 2.19. The summed E-state index contributed by atoms with van der Waals surface area (Å²) >= 11 is 3.38. The molecule has 0 aliphatic rings. The van der Waals surface area contributed by atoms with Crippen molar-refractivity contribution in [2.45, 2.75) is 58.2 Å². The van der Waals surface area contributed by atoms with Gasteiger partial charge in [0.1, 0.15) is 5.78 Å². The van der Waals surface area contributed by atoms with Gasteiger partial charge in [0.05, 0.1) is 12.2 Å². The third-order valence-corrected chi connectivity index (χ3v) is 5.10. The molecule has 4 heteroatoms. The number of aliphatic hydroxyl groups is 2. The van der Waals surface area contributed by atoms with E-state index in [4.69, 9.17) is 0 Å². The van der Waals surface area contributed by atoms with Gasteiger partial charge in [-0.05, 0) is 48.8 Å². The number of ketones is 1. The van der Waals surface area contributed by atoms with Crippen LogP contribution in [0.2, 0.25) is 0 Å². The van der Waals surface area contributed by atoms with Crippen molar-refractivity contribution in [1.82, 2.24) is 0 Å². The van der Waals surface area contributed by atoms with E-state index in [1.807, 2.05) is 38.1 Å². The van der Waals surface area contributed by atoms with Crippen molar-refractivity contribution in [2.24, 2.45) is 11.8 Å². The van der Waals surface area contributed by atoms with Gasteiger partial charge in [0.15, 0.2) is 0 Å². The number of hydrogen-bond donors (Lipinski definition) is 2. The SMILES string of the molecule is C=CC[C@@H](O)[C@H](C)CCC(=O)CC[C@@H](C)[C@H](O)c1ccc(Br)cc1. The summed E-state index contributed by atoms with van der Waals surface area (Å²) in [6.07, 6.45) is 3.60. The first kappa shape index (κ1) is 21.1. The molecule has 0 amide bonds. The molecular formula is C20H29BrO3. The van der Waals surface area contributed by atoms with E-state index < -0.39 is 12.2 Å². The smallest absolute Gasteiger partial charge is 0.132 e. The van der Waals surface area contributed by atoms with E-state index >= 15 is 0 Å². The zero-order chi connectivity index (χ0) is 18.1. The molecule has 4 atom stereocenters. The van der Waals surface area contributed by atoms with E-state index in [-0.39, 0.29) is 17.6 Å². The molecular weight excluding hydrogens is 368 g/mol. The van der Waals surface area contributed by atoms with Crippen LogP contribution in [0.25, 0.3) is 0 Å². The molecule has 0 aromatic heterocycles. The lowest BCUT2D eigenvalue weighted by molar-refractivity contribution is -0.119. The fraction of sp³-hybridized carbons (Fsp3) is 0.550. The van der Waals surface area contributed by atoms with Gasteiger partial charge in [0, 0.05) is 17.3 Å². The van der Waals surface area contributed by atoms with Crippen molar-refractivity contribution in [1.29, 1.82) is 0 Å². The monoisotopic (exact) mass is 396 g/mol. The summed E-state index contributed by atoms with van der Waals surface area (Å²) in [6, 6.07) is 7.62. The molecule has 0 saturated carbocycles. The Balaban J connectivity index is 2.35. The van der Waals surface area contributed by atoms with Gasteiger partial charge in [-0.3, -0.25) is 4.79 Å². The Hall–Kier alpha value is -0.970. The third kappa shape index (κ3) is 7.29. The average Bonchev–Trinajstić information content (AvgIpc) is 2.57. The molecule has 1 aromatic rings. The minimum atomic E-state index is -0.556. The molecule has 1 aromatic carbocycles. The van der Waals surface area contributed by atoms with Gasteiger partial charge < -0.3 is 10.2 Å². The maximum atomic E-state index is 12.0. The van der Waals surface area contributed by atoms with Crippen molar-refractivity contribution in [3.63, 3.8) is 0 Å². The highest BCUT2D eigenvalue weighted by molar-refractivity contribution is 9.10. The Morgan fingerprint density at radius 2 is 1.67 bits per heavy atom. The van der Waals surface area contributed by atoms with Gasteiger partial charge in [-0.25, -0.2) is 0 Å². The lowest BCUT2D eigenvalue weighted by Crippen LogP contribution is -2.18. The van der Waals surface area contributed by atoms with Gasteiger partial charge in [0.25, 0.3) is 0 Å². The van der Waals surface area contributed by atoms with Crippen LogP contribution in [0, 0.1) is 11.8 Å². The first-order chi connectivity index (χ1) is 11.3. The summed E-state index contributed by atoms with van der Waals surface area (Å²) in [5.74, 6) is 0.319. The summed E-state index contributed by atoms with van der Waals surface area (Å²) in [4.78, 5) is 12.0. The van der Waals surface area contributed by atoms with Crippen molar-refractivity contribution in [3.05, 3.63) is 47.0 Å². The number of Topliss-reactive ketones (excluding diaryl/α,β-unsaturated/α-hetero) is 1. The summed E-state index contributed by atoms with van der Waals surface area (Å²) in [7, 11) is 0. The second-order valence-electron chi connectivity index (χ2n) is 6.66. The van der Waals surface area contributed by atoms with Crippen LogP contribution in [0.1, 0.15) is 57.6 Å². The van der Waals surface area contributed by atoms with Gasteiger partial charge in [-0.1, -0.05) is 48.0 Å². The van der Waals surface area contributed by atoms with Crippen LogP contribution in [0.15, 0.2) is 41.4 Å². The number of benzene rings is 1. The average molecular weight is 397 g/mol. The molecule has 0 heterocycles. The van der Waals surface area contributed by atoms with E-state index in [0.717, 1.165) is 10.0 Å². The fourth-order valence-electron chi connectivity index (χ4n) is 2.64. The topological polar surface area (TPSA) is 57.5 Å². The Kier molecular flexibility index (Phi) is 9.49. The van der Waals surface area contributed by atoms with Crippen molar-refractivity contribution in [3.8, 4) is 0 Å². The summed E-state index contributed by atoms with van der Waals surface area (Å²) in [5, 5.41) is 20.2. The van der Waals surface area contributed by atoms with Gasteiger partial charge in [-0.15, -0.1) is 6.58 Å². The highest BCUT2D eigenvalue weighted by Crippen LogP contribution is 2.27. The molecule has 0 spiro atoms. The highest BCUT2D eigenvalue weighted by atomic mass is 79.9. The van der Waals surface area contributed by atoms with Gasteiger partial charge in [0.2, 0.25) is 0 Å². The van der Waals surface area contributed by atoms with Crippen molar-refractivity contribution < 1.29 is 15.0 Å². The Labute approximate surface area is 153 Å². The zero-order valence-electron chi connectivity index (χ0n) is 14.6. The van der Waals surface area contributed by atoms with E-state index in [1.54, 1.807) is 6.08 Å². The van der Waals surface area contributed by atoms with E-state index in [2.05, 4.69) is 22.5 Å². The quantitative estimate of drug-likeness (QED) is 0.527. The predicted octanol–water partition coefficient (Wildman–Crippen LogP) is 4.82. The Bertz CT molecular complexity index is 512. The molecule has 3 nitrogen and oxygen atoms in total. The molecule has 0 aliphatic carbocycles. The number of aliphatic hydroxyl groups excluding tert-OH is 2. The first-order valence-electron chi connectivity index (χ1n) is 8.59. The molecule has 0 radical (unpaired) electrons. The van der Waals surface area contributed by atoms with Gasteiger partial charge in [-0.2, -0.15) is 0 Å². The van der Waals surface area contributed by atoms with Crippen LogP contribution in [-0.2, 0) is 4.79 Å². The van der Waals surface area contributed by atoms with E-state index in [9.17, 15) is 15.0 Å². The van der Waals surface area contributed by atoms with Crippen LogP contribution in [-0.4, -0.2) is 22.1 Å². The van der Waals surface area contributed by atoms with Crippen LogP contribution in [0.5, 0.6) is 0 Å². The number of hydrogen-bond acceptors (Lipinski definition) is 3. The van der Waals surface area contributed by atoms with Crippen LogP contribution < -0.4 is 0 Å². The number of rotatable bonds is 11. The molecule has 0 unspecified atom stereocenters. The predicted molar refractivity (Wildman–Crippen MR) is 102 cm³/mol. The maximum Gasteiger partial charge on any atom is 0.132 e. The molecule has 1 rings (SSSR count). The first-order valence-corrected chi connectivity index (χ1v) is 9.38. The Morgan fingerprint density at radius 1 is 1.12 bits per heavy atom. The van der Waals surface area contributed by atoms with Crippen LogP contribution >= 0.6 is 15.9 Å². The molecule has 2 N–H and O–H groups in total. The zero-order valence-corrected chi connectivity index (χ0v) is 16.2. The van der Waals surface area contributed by atoms with Crippen LogP contribution in [0.4, 0.5) is 0 Å². The maximum absolute atomic E-state index is 12.0. The number of carbonyl (C=O) groups excluding carboxylic acids is 1. The summed E-state index contributed by atoms with van der Waals surface area (Å²) in [6.45, 7) is 7.55. The molecule has 0 fully saturated rings. The normalized spacial score (nSPS) is 16.2. The molecule has 134 valence electrons. The number of carbonyl (C=O) groups is 1. The summed E-state index contributed by atoms with van der Waals surface area (Å²) < 4.78 is 0.981. The summed E-state index contributed by atoms with van der Waals surface area (Å²) in [5.41, 5.74) is 0.874. The molecule has 0 bridgehead atoms. The molecule has 0 aliphatic heterocycles. The minimum absolute atomic E-state index is 0.0268. The Morgan fingerprint density at radius 3 is 2.21 bits per heavy atom. The largest absolute Gasteiger partial charge is 0.393 e. The lowest BCUT2D eigenvalue weighted by Gasteiger charge is -2.19. The van der Waals surface area contributed by atoms with Gasteiger partial charge >= 0.3 is 0 Å². The standard InChI is InChI=1S/C20H29BrO3/c1-4-5-19(23)14(2)6-12-18(22)13-7-15(3)20(24)16-8-10-17(21)11-9-16/h4,8-11,14-15,19-20,23-24H,1,5-7,12-13H2,2-3H3/t14-,15-,19-,20+/m1/s1. The van der Waals surface area contributed by atoms with Crippen molar-refractivity contribution >= 4 is 21.7 Å². The lowest BCUT2D eigenvalue weighted by atomic mass is 9.90. The number of halogens is 1. The van der Waals surface area contributed by atoms with E-state index in [1.165, 1.54) is 0 Å². The van der Waals surface area contributed by atoms with Crippen LogP contribution in [0.3, 0.4) is 0 Å². The second kappa shape index (κ2) is 10.8. The third-order valence-electron chi connectivity index (χ3n) is 4.57. The molecule has 24 heavy (non-hydrogen) atoms. The fourth-order valence-corrected chi connectivity index (χ4v) is 2.91. The second-order valence-corrected chi connectivity index (χ2v) is 7.57.